The number of halogens is 1. The number of aryl methyl sites for hydroxylation is 1. The zero-order valence-electron chi connectivity index (χ0n) is 13.3. The fourth-order valence-corrected chi connectivity index (χ4v) is 2.95. The molecule has 2 atom stereocenters. The van der Waals surface area contributed by atoms with E-state index in [2.05, 4.69) is 17.1 Å². The lowest BCUT2D eigenvalue weighted by molar-refractivity contribution is -0.129. The predicted octanol–water partition coefficient (Wildman–Crippen LogP) is 3.24. The Bertz CT molecular complexity index is 683. The standard InChI is InChI=1S/C17H20FN3O2/c1-3-4-15-19-17(23-20-15)13-9-16(22)21(10-13)11(2)12-5-7-14(18)8-6-12/h5-8,11,13H,3-4,9-10H2,1-2H3. The maximum absolute atomic E-state index is 13.0. The van der Waals surface area contributed by atoms with E-state index in [0.29, 0.717) is 24.7 Å². The Hall–Kier alpha value is -2.24. The summed E-state index contributed by atoms with van der Waals surface area (Å²) in [5.41, 5.74) is 0.914. The van der Waals surface area contributed by atoms with Gasteiger partial charge in [-0.2, -0.15) is 4.98 Å². The van der Waals surface area contributed by atoms with Crippen LogP contribution in [0.2, 0.25) is 0 Å². The molecule has 0 radical (unpaired) electrons. The van der Waals surface area contributed by atoms with Gasteiger partial charge in [-0.25, -0.2) is 4.39 Å². The summed E-state index contributed by atoms with van der Waals surface area (Å²) >= 11 is 0. The molecule has 0 N–H and O–H groups in total. The fourth-order valence-electron chi connectivity index (χ4n) is 2.95. The number of aromatic nitrogens is 2. The normalized spacial score (nSPS) is 19.3. The Balaban J connectivity index is 1.72. The summed E-state index contributed by atoms with van der Waals surface area (Å²) in [7, 11) is 0. The predicted molar refractivity (Wildman–Crippen MR) is 82.2 cm³/mol. The number of carbonyl (C=O) groups is 1. The number of hydrogen-bond acceptors (Lipinski definition) is 4. The highest BCUT2D eigenvalue weighted by atomic mass is 19.1. The van der Waals surface area contributed by atoms with Crippen molar-refractivity contribution in [2.24, 2.45) is 0 Å². The summed E-state index contributed by atoms with van der Waals surface area (Å²) < 4.78 is 18.4. The lowest BCUT2D eigenvalue weighted by Crippen LogP contribution is -2.28. The highest BCUT2D eigenvalue weighted by Crippen LogP contribution is 2.33. The summed E-state index contributed by atoms with van der Waals surface area (Å²) in [5.74, 6) is 0.946. The van der Waals surface area contributed by atoms with Crippen molar-refractivity contribution in [2.45, 2.75) is 45.1 Å². The van der Waals surface area contributed by atoms with Gasteiger partial charge in [0.15, 0.2) is 5.82 Å². The topological polar surface area (TPSA) is 59.2 Å². The van der Waals surface area contributed by atoms with Gasteiger partial charge in [0.1, 0.15) is 5.82 Å². The van der Waals surface area contributed by atoms with Crippen molar-refractivity contribution in [3.63, 3.8) is 0 Å². The molecule has 1 amide bonds. The molecule has 2 heterocycles. The molecular formula is C17H20FN3O2. The Morgan fingerprint density at radius 3 is 2.83 bits per heavy atom. The molecule has 1 aromatic carbocycles. The second-order valence-electron chi connectivity index (χ2n) is 5.97. The first-order valence-electron chi connectivity index (χ1n) is 7.96. The van der Waals surface area contributed by atoms with Gasteiger partial charge in [-0.1, -0.05) is 24.2 Å². The largest absolute Gasteiger partial charge is 0.339 e. The summed E-state index contributed by atoms with van der Waals surface area (Å²) in [6.45, 7) is 4.55. The molecule has 1 saturated heterocycles. The van der Waals surface area contributed by atoms with Crippen molar-refractivity contribution in [3.8, 4) is 0 Å². The number of hydrogen-bond donors (Lipinski definition) is 0. The highest BCUT2D eigenvalue weighted by molar-refractivity contribution is 5.80. The third kappa shape index (κ3) is 3.25. The maximum atomic E-state index is 13.0. The van der Waals surface area contributed by atoms with Crippen molar-refractivity contribution in [1.82, 2.24) is 15.0 Å². The van der Waals surface area contributed by atoms with Gasteiger partial charge in [0.05, 0.1) is 12.0 Å². The van der Waals surface area contributed by atoms with Gasteiger partial charge in [-0.05, 0) is 31.0 Å². The van der Waals surface area contributed by atoms with Crippen molar-refractivity contribution < 1.29 is 13.7 Å². The van der Waals surface area contributed by atoms with Crippen LogP contribution in [0.1, 0.15) is 55.9 Å². The minimum Gasteiger partial charge on any atom is -0.339 e. The molecule has 1 aliphatic rings. The quantitative estimate of drug-likeness (QED) is 0.849. The van der Waals surface area contributed by atoms with Crippen molar-refractivity contribution in [2.75, 3.05) is 6.54 Å². The number of rotatable bonds is 5. The van der Waals surface area contributed by atoms with Crippen LogP contribution in [-0.4, -0.2) is 27.5 Å². The van der Waals surface area contributed by atoms with Crippen LogP contribution in [0.4, 0.5) is 4.39 Å². The SMILES string of the molecule is CCCc1noc(C2CC(=O)N(C(C)c3ccc(F)cc3)C2)n1. The Kier molecular flexibility index (Phi) is 4.41. The van der Waals surface area contributed by atoms with Crippen molar-refractivity contribution >= 4 is 5.91 Å². The molecule has 1 aliphatic heterocycles. The van der Waals surface area contributed by atoms with E-state index in [-0.39, 0.29) is 23.7 Å². The third-order valence-corrected chi connectivity index (χ3v) is 4.29. The molecule has 23 heavy (non-hydrogen) atoms. The van der Waals surface area contributed by atoms with E-state index in [1.807, 2.05) is 6.92 Å². The van der Waals surface area contributed by atoms with Gasteiger partial charge >= 0.3 is 0 Å². The lowest BCUT2D eigenvalue weighted by Gasteiger charge is -2.25. The summed E-state index contributed by atoms with van der Waals surface area (Å²) in [6, 6.07) is 6.16. The smallest absolute Gasteiger partial charge is 0.232 e. The fraction of sp³-hybridized carbons (Fsp3) is 0.471. The van der Waals surface area contributed by atoms with Gasteiger partial charge in [-0.3, -0.25) is 4.79 Å². The van der Waals surface area contributed by atoms with Crippen LogP contribution in [0.3, 0.4) is 0 Å². The zero-order valence-corrected chi connectivity index (χ0v) is 13.3. The first-order valence-corrected chi connectivity index (χ1v) is 7.96. The number of nitrogens with zero attached hydrogens (tertiary/aromatic N) is 3. The Morgan fingerprint density at radius 1 is 1.39 bits per heavy atom. The van der Waals surface area contributed by atoms with Gasteiger partial charge < -0.3 is 9.42 Å². The molecule has 0 bridgehead atoms. The molecule has 0 spiro atoms. The van der Waals surface area contributed by atoms with E-state index in [9.17, 15) is 9.18 Å². The van der Waals surface area contributed by atoms with E-state index in [4.69, 9.17) is 4.52 Å². The minimum atomic E-state index is -0.277. The second-order valence-corrected chi connectivity index (χ2v) is 5.97. The van der Waals surface area contributed by atoms with Crippen LogP contribution in [-0.2, 0) is 11.2 Å². The average Bonchev–Trinajstić information content (AvgIpc) is 3.14. The van der Waals surface area contributed by atoms with Crippen LogP contribution in [0.15, 0.2) is 28.8 Å². The van der Waals surface area contributed by atoms with Crippen molar-refractivity contribution in [1.29, 1.82) is 0 Å². The summed E-state index contributed by atoms with van der Waals surface area (Å²) in [6.07, 6.45) is 2.11. The van der Waals surface area contributed by atoms with E-state index < -0.39 is 0 Å². The zero-order chi connectivity index (χ0) is 16.4. The monoisotopic (exact) mass is 317 g/mol. The van der Waals surface area contributed by atoms with E-state index >= 15 is 0 Å². The molecule has 0 aliphatic carbocycles. The van der Waals surface area contributed by atoms with Crippen LogP contribution < -0.4 is 0 Å². The Morgan fingerprint density at radius 2 is 2.13 bits per heavy atom. The van der Waals surface area contributed by atoms with E-state index in [1.54, 1.807) is 17.0 Å². The maximum Gasteiger partial charge on any atom is 0.232 e. The molecular weight excluding hydrogens is 297 g/mol. The van der Waals surface area contributed by atoms with E-state index in [1.165, 1.54) is 12.1 Å². The van der Waals surface area contributed by atoms with Crippen LogP contribution in [0, 0.1) is 5.82 Å². The van der Waals surface area contributed by atoms with E-state index in [0.717, 1.165) is 18.4 Å². The van der Waals surface area contributed by atoms with Crippen LogP contribution in [0.25, 0.3) is 0 Å². The number of carbonyl (C=O) groups excluding carboxylic acids is 1. The molecule has 2 unspecified atom stereocenters. The summed E-state index contributed by atoms with van der Waals surface area (Å²) in [4.78, 5) is 18.5. The molecule has 1 aromatic heterocycles. The minimum absolute atomic E-state index is 0.0575. The molecule has 5 nitrogen and oxygen atoms in total. The van der Waals surface area contributed by atoms with Crippen LogP contribution >= 0.6 is 0 Å². The summed E-state index contributed by atoms with van der Waals surface area (Å²) in [5, 5.41) is 3.96. The number of amides is 1. The van der Waals surface area contributed by atoms with Gasteiger partial charge in [-0.15, -0.1) is 0 Å². The van der Waals surface area contributed by atoms with Crippen LogP contribution in [0.5, 0.6) is 0 Å². The molecule has 0 saturated carbocycles. The first-order chi connectivity index (χ1) is 11.1. The Labute approximate surface area is 134 Å². The second kappa shape index (κ2) is 6.48. The third-order valence-electron chi connectivity index (χ3n) is 4.29. The molecule has 122 valence electrons. The van der Waals surface area contributed by atoms with Gasteiger partial charge in [0, 0.05) is 19.4 Å². The lowest BCUT2D eigenvalue weighted by atomic mass is 10.1. The first kappa shape index (κ1) is 15.6. The van der Waals surface area contributed by atoms with Crippen molar-refractivity contribution in [3.05, 3.63) is 47.4 Å². The molecule has 1 fully saturated rings. The highest BCUT2D eigenvalue weighted by Gasteiger charge is 2.36. The van der Waals surface area contributed by atoms with Gasteiger partial charge in [0.25, 0.3) is 0 Å². The molecule has 6 heteroatoms. The van der Waals surface area contributed by atoms with Gasteiger partial charge in [0.2, 0.25) is 11.8 Å². The molecule has 2 aromatic rings. The number of benzene rings is 1. The molecule has 3 rings (SSSR count). The average molecular weight is 317 g/mol. The number of likely N-dealkylation sites (tertiary alicyclic amines) is 1.